The lowest BCUT2D eigenvalue weighted by molar-refractivity contribution is -0.130. The van der Waals surface area contributed by atoms with Crippen LogP contribution in [0.15, 0.2) is 42.5 Å². The molecule has 1 atom stereocenters. The summed E-state index contributed by atoms with van der Waals surface area (Å²) < 4.78 is 23.7. The minimum absolute atomic E-state index is 0.0981. The van der Waals surface area contributed by atoms with Crippen molar-refractivity contribution in [3.8, 4) is 11.5 Å². The Kier molecular flexibility index (Phi) is 6.22. The molecular formula is C19H23FN2O3. The van der Waals surface area contributed by atoms with Gasteiger partial charge in [0.05, 0.1) is 14.2 Å². The molecule has 1 amide bonds. The second-order valence-electron chi connectivity index (χ2n) is 5.76. The Morgan fingerprint density at radius 2 is 1.88 bits per heavy atom. The maximum Gasteiger partial charge on any atom is 0.244 e. The van der Waals surface area contributed by atoms with Crippen LogP contribution in [0.2, 0.25) is 0 Å². The number of carbonyl (C=O) groups excluding carboxylic acids is 1. The van der Waals surface area contributed by atoms with Crippen LogP contribution in [0.5, 0.6) is 11.5 Å². The van der Waals surface area contributed by atoms with Gasteiger partial charge in [-0.3, -0.25) is 4.79 Å². The van der Waals surface area contributed by atoms with Gasteiger partial charge in [0, 0.05) is 25.3 Å². The Labute approximate surface area is 147 Å². The third kappa shape index (κ3) is 4.86. The van der Waals surface area contributed by atoms with Crippen molar-refractivity contribution in [2.24, 2.45) is 0 Å². The molecule has 0 heterocycles. The van der Waals surface area contributed by atoms with Gasteiger partial charge in [-0.25, -0.2) is 4.39 Å². The van der Waals surface area contributed by atoms with E-state index >= 15 is 0 Å². The van der Waals surface area contributed by atoms with E-state index in [1.54, 1.807) is 57.4 Å². The number of carbonyl (C=O) groups is 1. The Morgan fingerprint density at radius 1 is 1.16 bits per heavy atom. The van der Waals surface area contributed by atoms with Crippen LogP contribution >= 0.6 is 0 Å². The Bertz CT molecular complexity index is 736. The third-order valence-electron chi connectivity index (χ3n) is 3.82. The van der Waals surface area contributed by atoms with E-state index in [4.69, 9.17) is 9.47 Å². The van der Waals surface area contributed by atoms with Crippen molar-refractivity contribution in [2.45, 2.75) is 19.5 Å². The van der Waals surface area contributed by atoms with Crippen LogP contribution in [0.4, 0.5) is 10.1 Å². The molecule has 0 aliphatic carbocycles. The number of amides is 1. The predicted octanol–water partition coefficient (Wildman–Crippen LogP) is 3.30. The average Bonchev–Trinajstić information content (AvgIpc) is 2.60. The van der Waals surface area contributed by atoms with Gasteiger partial charge in [0.25, 0.3) is 0 Å². The van der Waals surface area contributed by atoms with Gasteiger partial charge in [0.1, 0.15) is 11.9 Å². The first-order valence-electron chi connectivity index (χ1n) is 7.92. The lowest BCUT2D eigenvalue weighted by Crippen LogP contribution is -2.38. The fraction of sp³-hybridized carbons (Fsp3) is 0.316. The molecule has 134 valence electrons. The molecule has 0 bridgehead atoms. The summed E-state index contributed by atoms with van der Waals surface area (Å²) in [4.78, 5) is 14.1. The van der Waals surface area contributed by atoms with Gasteiger partial charge in [-0.2, -0.15) is 0 Å². The van der Waals surface area contributed by atoms with Crippen molar-refractivity contribution in [1.29, 1.82) is 0 Å². The molecule has 0 fully saturated rings. The number of nitrogens with one attached hydrogen (secondary N) is 1. The van der Waals surface area contributed by atoms with Crippen molar-refractivity contribution in [3.05, 3.63) is 53.8 Å². The van der Waals surface area contributed by atoms with E-state index in [0.29, 0.717) is 18.0 Å². The molecule has 1 N–H and O–H groups in total. The van der Waals surface area contributed by atoms with Crippen molar-refractivity contribution < 1.29 is 18.7 Å². The van der Waals surface area contributed by atoms with Gasteiger partial charge in [-0.1, -0.05) is 12.1 Å². The van der Waals surface area contributed by atoms with Crippen LogP contribution in [-0.2, 0) is 11.3 Å². The van der Waals surface area contributed by atoms with Gasteiger partial charge in [-0.15, -0.1) is 0 Å². The van der Waals surface area contributed by atoms with Crippen molar-refractivity contribution >= 4 is 11.6 Å². The molecule has 0 saturated carbocycles. The van der Waals surface area contributed by atoms with Crippen molar-refractivity contribution in [1.82, 2.24) is 4.90 Å². The third-order valence-corrected chi connectivity index (χ3v) is 3.82. The van der Waals surface area contributed by atoms with Gasteiger partial charge in [0.2, 0.25) is 5.91 Å². The monoisotopic (exact) mass is 346 g/mol. The summed E-state index contributed by atoms with van der Waals surface area (Å²) in [5.41, 5.74) is 1.49. The molecule has 25 heavy (non-hydrogen) atoms. The number of hydrogen-bond donors (Lipinski definition) is 1. The van der Waals surface area contributed by atoms with Crippen LogP contribution < -0.4 is 14.8 Å². The van der Waals surface area contributed by atoms with Crippen LogP contribution in [0.3, 0.4) is 0 Å². The zero-order valence-corrected chi connectivity index (χ0v) is 14.9. The standard InChI is InChI=1S/C19H23FN2O3/c1-13(21-16-8-9-17(24-3)18(11-16)25-4)19(23)22(2)12-14-6-5-7-15(20)10-14/h5-11,13,21H,12H2,1-4H3. The molecule has 5 nitrogen and oxygen atoms in total. The number of likely N-dealkylation sites (N-methyl/N-ethyl adjacent to an activating group) is 1. The molecule has 0 aromatic heterocycles. The largest absolute Gasteiger partial charge is 0.493 e. The van der Waals surface area contributed by atoms with Gasteiger partial charge >= 0.3 is 0 Å². The van der Waals surface area contributed by atoms with E-state index in [9.17, 15) is 9.18 Å². The van der Waals surface area contributed by atoms with E-state index in [1.807, 2.05) is 6.07 Å². The highest BCUT2D eigenvalue weighted by atomic mass is 19.1. The second-order valence-corrected chi connectivity index (χ2v) is 5.76. The molecule has 6 heteroatoms. The molecule has 0 radical (unpaired) electrons. The smallest absolute Gasteiger partial charge is 0.244 e. The summed E-state index contributed by atoms with van der Waals surface area (Å²) in [6, 6.07) is 11.1. The maximum absolute atomic E-state index is 13.3. The molecule has 0 aliphatic heterocycles. The number of halogens is 1. The van der Waals surface area contributed by atoms with E-state index in [0.717, 1.165) is 11.3 Å². The lowest BCUT2D eigenvalue weighted by atomic mass is 10.2. The molecule has 2 aromatic carbocycles. The number of ether oxygens (including phenoxy) is 2. The zero-order chi connectivity index (χ0) is 18.4. The van der Waals surface area contributed by atoms with Crippen LogP contribution in [0.1, 0.15) is 12.5 Å². The Morgan fingerprint density at radius 3 is 2.52 bits per heavy atom. The number of nitrogens with zero attached hydrogens (tertiary/aromatic N) is 1. The van der Waals surface area contributed by atoms with Crippen LogP contribution in [-0.4, -0.2) is 38.1 Å². The first-order chi connectivity index (χ1) is 11.9. The van der Waals surface area contributed by atoms with Gasteiger partial charge in [-0.05, 0) is 36.8 Å². The number of hydrogen-bond acceptors (Lipinski definition) is 4. The Hall–Kier alpha value is -2.76. The van der Waals surface area contributed by atoms with E-state index in [1.165, 1.54) is 12.1 Å². The van der Waals surface area contributed by atoms with E-state index in [-0.39, 0.29) is 11.7 Å². The molecule has 0 aliphatic rings. The topological polar surface area (TPSA) is 50.8 Å². The first-order valence-corrected chi connectivity index (χ1v) is 7.92. The number of benzene rings is 2. The minimum Gasteiger partial charge on any atom is -0.493 e. The van der Waals surface area contributed by atoms with Crippen LogP contribution in [0.25, 0.3) is 0 Å². The number of rotatable bonds is 7. The zero-order valence-electron chi connectivity index (χ0n) is 14.9. The predicted molar refractivity (Wildman–Crippen MR) is 95.5 cm³/mol. The highest BCUT2D eigenvalue weighted by Gasteiger charge is 2.18. The average molecular weight is 346 g/mol. The number of anilines is 1. The molecule has 0 saturated heterocycles. The van der Waals surface area contributed by atoms with Crippen molar-refractivity contribution in [2.75, 3.05) is 26.6 Å². The maximum atomic E-state index is 13.3. The Balaban J connectivity index is 2.02. The molecule has 2 aromatic rings. The highest BCUT2D eigenvalue weighted by Crippen LogP contribution is 2.30. The normalized spacial score (nSPS) is 11.6. The molecule has 2 rings (SSSR count). The van der Waals surface area contributed by atoms with E-state index < -0.39 is 6.04 Å². The molecular weight excluding hydrogens is 323 g/mol. The lowest BCUT2D eigenvalue weighted by Gasteiger charge is -2.23. The summed E-state index contributed by atoms with van der Waals surface area (Å²) in [6.07, 6.45) is 0. The van der Waals surface area contributed by atoms with E-state index in [2.05, 4.69) is 5.32 Å². The summed E-state index contributed by atoms with van der Waals surface area (Å²) in [6.45, 7) is 2.12. The summed E-state index contributed by atoms with van der Waals surface area (Å²) in [5, 5.41) is 3.14. The van der Waals surface area contributed by atoms with Crippen molar-refractivity contribution in [3.63, 3.8) is 0 Å². The number of methoxy groups -OCH3 is 2. The van der Waals surface area contributed by atoms with Gasteiger partial charge < -0.3 is 19.7 Å². The summed E-state index contributed by atoms with van der Waals surface area (Å²) in [7, 11) is 4.82. The summed E-state index contributed by atoms with van der Waals surface area (Å²) in [5.74, 6) is 0.796. The fourth-order valence-electron chi connectivity index (χ4n) is 2.56. The molecule has 1 unspecified atom stereocenters. The summed E-state index contributed by atoms with van der Waals surface area (Å²) >= 11 is 0. The van der Waals surface area contributed by atoms with Gasteiger partial charge in [0.15, 0.2) is 11.5 Å². The minimum atomic E-state index is -0.448. The molecule has 0 spiro atoms. The highest BCUT2D eigenvalue weighted by molar-refractivity contribution is 5.84. The second kappa shape index (κ2) is 8.37. The fourth-order valence-corrected chi connectivity index (χ4v) is 2.56. The van der Waals surface area contributed by atoms with Crippen LogP contribution in [0, 0.1) is 5.82 Å². The SMILES string of the molecule is COc1ccc(NC(C)C(=O)N(C)Cc2cccc(F)c2)cc1OC. The first kappa shape index (κ1) is 18.6. The quantitative estimate of drug-likeness (QED) is 0.836.